The van der Waals surface area contributed by atoms with Gasteiger partial charge in [0.15, 0.2) is 0 Å². The zero-order valence-corrected chi connectivity index (χ0v) is 15.4. The van der Waals surface area contributed by atoms with E-state index in [4.69, 9.17) is 0 Å². The SMILES string of the molecule is CCC(=O)Nc1ccc(N2CCN(c3cccc(C)c3C)CC2)cc1. The van der Waals surface area contributed by atoms with Crippen LogP contribution in [0, 0.1) is 13.8 Å². The largest absolute Gasteiger partial charge is 0.368 e. The fourth-order valence-electron chi connectivity index (χ4n) is 3.29. The Hall–Kier alpha value is -2.49. The standard InChI is InChI=1S/C21H27N3O/c1-4-21(25)22-18-8-10-19(11-9-18)23-12-14-24(15-13-23)20-7-5-6-16(2)17(20)3/h5-11H,4,12-15H2,1-3H3,(H,22,25). The highest BCUT2D eigenvalue weighted by atomic mass is 16.1. The van der Waals surface area contributed by atoms with Crippen molar-refractivity contribution in [3.05, 3.63) is 53.6 Å². The molecule has 1 heterocycles. The van der Waals surface area contributed by atoms with E-state index in [1.54, 1.807) is 0 Å². The summed E-state index contributed by atoms with van der Waals surface area (Å²) in [5, 5.41) is 2.90. The molecule has 1 fully saturated rings. The summed E-state index contributed by atoms with van der Waals surface area (Å²) in [6.45, 7) is 10.3. The van der Waals surface area contributed by atoms with Gasteiger partial charge in [0.1, 0.15) is 0 Å². The molecule has 2 aromatic rings. The molecular weight excluding hydrogens is 310 g/mol. The van der Waals surface area contributed by atoms with Gasteiger partial charge in [-0.3, -0.25) is 4.79 Å². The summed E-state index contributed by atoms with van der Waals surface area (Å²) in [5.74, 6) is 0.0508. The topological polar surface area (TPSA) is 35.6 Å². The van der Waals surface area contributed by atoms with Crippen LogP contribution in [0.4, 0.5) is 17.1 Å². The number of carbonyl (C=O) groups excluding carboxylic acids is 1. The molecule has 1 amide bonds. The molecule has 4 nitrogen and oxygen atoms in total. The van der Waals surface area contributed by atoms with Gasteiger partial charge in [-0.1, -0.05) is 19.1 Å². The molecule has 0 aliphatic carbocycles. The van der Waals surface area contributed by atoms with E-state index in [0.717, 1.165) is 31.9 Å². The Morgan fingerprint density at radius 3 is 2.24 bits per heavy atom. The van der Waals surface area contributed by atoms with E-state index in [9.17, 15) is 4.79 Å². The minimum Gasteiger partial charge on any atom is -0.368 e. The summed E-state index contributed by atoms with van der Waals surface area (Å²) in [4.78, 5) is 16.4. The molecule has 1 aliphatic heterocycles. The Kier molecular flexibility index (Phi) is 5.27. The van der Waals surface area contributed by atoms with Gasteiger partial charge in [0.25, 0.3) is 0 Å². The van der Waals surface area contributed by atoms with E-state index in [1.165, 1.54) is 22.5 Å². The lowest BCUT2D eigenvalue weighted by Crippen LogP contribution is -2.46. The lowest BCUT2D eigenvalue weighted by Gasteiger charge is -2.38. The van der Waals surface area contributed by atoms with Gasteiger partial charge in [-0.2, -0.15) is 0 Å². The summed E-state index contributed by atoms with van der Waals surface area (Å²) in [5.41, 5.74) is 6.17. The average molecular weight is 337 g/mol. The van der Waals surface area contributed by atoms with Gasteiger partial charge in [0, 0.05) is 49.7 Å². The van der Waals surface area contributed by atoms with Gasteiger partial charge >= 0.3 is 0 Å². The van der Waals surface area contributed by atoms with Crippen LogP contribution in [-0.4, -0.2) is 32.1 Å². The Balaban J connectivity index is 1.62. The van der Waals surface area contributed by atoms with E-state index in [2.05, 4.69) is 59.3 Å². The molecule has 2 aromatic carbocycles. The van der Waals surface area contributed by atoms with E-state index in [-0.39, 0.29) is 5.91 Å². The zero-order valence-electron chi connectivity index (χ0n) is 15.4. The maximum atomic E-state index is 11.5. The Labute approximate surface area is 150 Å². The van der Waals surface area contributed by atoms with Crippen LogP contribution in [0.1, 0.15) is 24.5 Å². The number of piperazine rings is 1. The molecule has 0 atom stereocenters. The molecule has 0 spiro atoms. The van der Waals surface area contributed by atoms with Crippen LogP contribution >= 0.6 is 0 Å². The maximum absolute atomic E-state index is 11.5. The number of hydrogen-bond acceptors (Lipinski definition) is 3. The van der Waals surface area contributed by atoms with Crippen LogP contribution in [0.25, 0.3) is 0 Å². The second kappa shape index (κ2) is 7.60. The molecule has 25 heavy (non-hydrogen) atoms. The van der Waals surface area contributed by atoms with Gasteiger partial charge in [-0.05, 0) is 55.3 Å². The summed E-state index contributed by atoms with van der Waals surface area (Å²) in [7, 11) is 0. The Morgan fingerprint density at radius 2 is 1.60 bits per heavy atom. The van der Waals surface area contributed by atoms with Gasteiger partial charge in [-0.15, -0.1) is 0 Å². The molecule has 132 valence electrons. The molecular formula is C21H27N3O. The predicted octanol–water partition coefficient (Wildman–Crippen LogP) is 3.98. The third-order valence-corrected chi connectivity index (χ3v) is 5.03. The number of carbonyl (C=O) groups is 1. The monoisotopic (exact) mass is 337 g/mol. The first-order chi connectivity index (χ1) is 12.1. The molecule has 0 unspecified atom stereocenters. The van der Waals surface area contributed by atoms with Crippen LogP contribution in [0.3, 0.4) is 0 Å². The van der Waals surface area contributed by atoms with Crippen LogP contribution in [-0.2, 0) is 4.79 Å². The number of amides is 1. The number of nitrogens with zero attached hydrogens (tertiary/aromatic N) is 2. The lowest BCUT2D eigenvalue weighted by molar-refractivity contribution is -0.115. The third kappa shape index (κ3) is 3.95. The summed E-state index contributed by atoms with van der Waals surface area (Å²) in [6.07, 6.45) is 0.502. The predicted molar refractivity (Wildman–Crippen MR) is 106 cm³/mol. The first-order valence-electron chi connectivity index (χ1n) is 9.04. The van der Waals surface area contributed by atoms with Gasteiger partial charge in [-0.25, -0.2) is 0 Å². The smallest absolute Gasteiger partial charge is 0.224 e. The first-order valence-corrected chi connectivity index (χ1v) is 9.04. The Morgan fingerprint density at radius 1 is 0.960 bits per heavy atom. The zero-order chi connectivity index (χ0) is 17.8. The molecule has 1 N–H and O–H groups in total. The number of aryl methyl sites for hydroxylation is 1. The number of rotatable bonds is 4. The lowest BCUT2D eigenvalue weighted by atomic mass is 10.1. The summed E-state index contributed by atoms with van der Waals surface area (Å²) >= 11 is 0. The van der Waals surface area contributed by atoms with Gasteiger partial charge < -0.3 is 15.1 Å². The fraction of sp³-hybridized carbons (Fsp3) is 0.381. The number of nitrogens with one attached hydrogen (secondary N) is 1. The highest BCUT2D eigenvalue weighted by molar-refractivity contribution is 5.90. The molecule has 0 saturated carbocycles. The van der Waals surface area contributed by atoms with Crippen molar-refractivity contribution in [2.24, 2.45) is 0 Å². The summed E-state index contributed by atoms with van der Waals surface area (Å²) in [6, 6.07) is 14.7. The molecule has 3 rings (SSSR count). The van der Waals surface area contributed by atoms with Crippen molar-refractivity contribution in [2.45, 2.75) is 27.2 Å². The van der Waals surface area contributed by atoms with Gasteiger partial charge in [0.05, 0.1) is 0 Å². The van der Waals surface area contributed by atoms with E-state index < -0.39 is 0 Å². The number of benzene rings is 2. The minimum atomic E-state index is 0.0508. The van der Waals surface area contributed by atoms with Crippen LogP contribution < -0.4 is 15.1 Å². The second-order valence-corrected chi connectivity index (χ2v) is 6.64. The second-order valence-electron chi connectivity index (χ2n) is 6.64. The molecule has 4 heteroatoms. The third-order valence-electron chi connectivity index (χ3n) is 5.03. The number of anilines is 3. The quantitative estimate of drug-likeness (QED) is 0.917. The van der Waals surface area contributed by atoms with Crippen molar-refractivity contribution >= 4 is 23.0 Å². The van der Waals surface area contributed by atoms with Crippen molar-refractivity contribution in [1.29, 1.82) is 0 Å². The minimum absolute atomic E-state index is 0.0508. The first kappa shape index (κ1) is 17.3. The van der Waals surface area contributed by atoms with E-state index in [0.29, 0.717) is 6.42 Å². The Bertz CT molecular complexity index is 731. The molecule has 0 radical (unpaired) electrons. The number of hydrogen-bond donors (Lipinski definition) is 1. The van der Waals surface area contributed by atoms with Crippen LogP contribution in [0.2, 0.25) is 0 Å². The van der Waals surface area contributed by atoms with Crippen LogP contribution in [0.15, 0.2) is 42.5 Å². The molecule has 1 aliphatic rings. The normalized spacial score (nSPS) is 14.5. The highest BCUT2D eigenvalue weighted by Gasteiger charge is 2.19. The fourth-order valence-corrected chi connectivity index (χ4v) is 3.29. The maximum Gasteiger partial charge on any atom is 0.224 e. The molecule has 0 bridgehead atoms. The average Bonchev–Trinajstić information content (AvgIpc) is 2.65. The summed E-state index contributed by atoms with van der Waals surface area (Å²) < 4.78 is 0. The van der Waals surface area contributed by atoms with E-state index >= 15 is 0 Å². The van der Waals surface area contributed by atoms with Crippen molar-refractivity contribution in [3.8, 4) is 0 Å². The van der Waals surface area contributed by atoms with Crippen LogP contribution in [0.5, 0.6) is 0 Å². The molecule has 0 aromatic heterocycles. The van der Waals surface area contributed by atoms with E-state index in [1.807, 2.05) is 19.1 Å². The van der Waals surface area contributed by atoms with Crippen molar-refractivity contribution < 1.29 is 4.79 Å². The van der Waals surface area contributed by atoms with Crippen molar-refractivity contribution in [1.82, 2.24) is 0 Å². The van der Waals surface area contributed by atoms with Crippen molar-refractivity contribution in [2.75, 3.05) is 41.3 Å². The van der Waals surface area contributed by atoms with Crippen molar-refractivity contribution in [3.63, 3.8) is 0 Å². The van der Waals surface area contributed by atoms with Gasteiger partial charge in [0.2, 0.25) is 5.91 Å². The highest BCUT2D eigenvalue weighted by Crippen LogP contribution is 2.26. The molecule has 1 saturated heterocycles.